The molecular formula is C17H16N4O2S. The third-order valence-corrected chi connectivity index (χ3v) is 4.09. The molecule has 0 bridgehead atoms. The van der Waals surface area contributed by atoms with Gasteiger partial charge >= 0.3 is 0 Å². The van der Waals surface area contributed by atoms with Crippen LogP contribution >= 0.6 is 11.8 Å². The number of carbonyl (C=O) groups excluding carboxylic acids is 1. The number of carbonyl (C=O) groups is 1. The Labute approximate surface area is 143 Å². The Morgan fingerprint density at radius 1 is 1.21 bits per heavy atom. The quantitative estimate of drug-likeness (QED) is 0.716. The number of nitrogens with one attached hydrogen (secondary N) is 1. The lowest BCUT2D eigenvalue weighted by molar-refractivity contribution is -0.113. The van der Waals surface area contributed by atoms with Gasteiger partial charge in [-0.1, -0.05) is 23.9 Å². The van der Waals surface area contributed by atoms with Crippen molar-refractivity contribution in [2.75, 3.05) is 11.1 Å². The minimum atomic E-state index is -0.122. The zero-order chi connectivity index (χ0) is 16.9. The van der Waals surface area contributed by atoms with Crippen molar-refractivity contribution in [3.05, 3.63) is 53.9 Å². The van der Waals surface area contributed by atoms with Crippen molar-refractivity contribution in [3.63, 3.8) is 0 Å². The molecule has 122 valence electrons. The number of hydrogen-bond donors (Lipinski definition) is 1. The molecule has 0 fully saturated rings. The van der Waals surface area contributed by atoms with Crippen LogP contribution in [0.4, 0.5) is 5.69 Å². The minimum Gasteiger partial charge on any atom is -0.411 e. The summed E-state index contributed by atoms with van der Waals surface area (Å²) in [4.78, 5) is 16.2. The summed E-state index contributed by atoms with van der Waals surface area (Å²) in [7, 11) is 0. The number of rotatable bonds is 5. The maximum atomic E-state index is 12.0. The van der Waals surface area contributed by atoms with E-state index in [1.54, 1.807) is 6.20 Å². The monoisotopic (exact) mass is 340 g/mol. The molecule has 6 nitrogen and oxygen atoms in total. The van der Waals surface area contributed by atoms with Gasteiger partial charge in [0.2, 0.25) is 5.91 Å². The van der Waals surface area contributed by atoms with Gasteiger partial charge in [0.05, 0.1) is 11.3 Å². The summed E-state index contributed by atoms with van der Waals surface area (Å²) < 4.78 is 5.59. The largest absolute Gasteiger partial charge is 0.411 e. The Bertz CT molecular complexity index is 863. The van der Waals surface area contributed by atoms with Crippen LogP contribution in [0.5, 0.6) is 0 Å². The molecule has 0 aliphatic rings. The van der Waals surface area contributed by atoms with Gasteiger partial charge in [-0.15, -0.1) is 10.2 Å². The number of pyridine rings is 1. The number of aryl methyl sites for hydroxylation is 2. The number of aromatic nitrogens is 3. The third-order valence-electron chi connectivity index (χ3n) is 3.27. The molecule has 0 unspecified atom stereocenters. The Hall–Kier alpha value is -2.67. The lowest BCUT2D eigenvalue weighted by atomic mass is 10.2. The predicted octanol–water partition coefficient (Wildman–Crippen LogP) is 3.48. The summed E-state index contributed by atoms with van der Waals surface area (Å²) in [5, 5.41) is 11.2. The molecule has 0 atom stereocenters. The summed E-state index contributed by atoms with van der Waals surface area (Å²) in [6.45, 7) is 3.85. The second-order valence-electron chi connectivity index (χ2n) is 5.22. The third kappa shape index (κ3) is 3.99. The fourth-order valence-corrected chi connectivity index (χ4v) is 2.70. The van der Waals surface area contributed by atoms with Crippen molar-refractivity contribution in [2.45, 2.75) is 19.1 Å². The van der Waals surface area contributed by atoms with Gasteiger partial charge in [-0.05, 0) is 43.7 Å². The van der Waals surface area contributed by atoms with Crippen LogP contribution in [0.3, 0.4) is 0 Å². The van der Waals surface area contributed by atoms with Crippen molar-refractivity contribution in [2.24, 2.45) is 0 Å². The van der Waals surface area contributed by atoms with Crippen molar-refractivity contribution in [1.29, 1.82) is 0 Å². The molecule has 1 N–H and O–H groups in total. The SMILES string of the molecule is Cc1cccc(NC(=O)CSc2nnc(-c3cccnc3C)o2)c1. The Balaban J connectivity index is 1.59. The van der Waals surface area contributed by atoms with E-state index in [0.29, 0.717) is 11.1 Å². The molecule has 0 spiro atoms. The topological polar surface area (TPSA) is 80.9 Å². The van der Waals surface area contributed by atoms with Crippen molar-refractivity contribution in [1.82, 2.24) is 15.2 Å². The number of benzene rings is 1. The number of hydrogen-bond acceptors (Lipinski definition) is 6. The van der Waals surface area contributed by atoms with Crippen LogP contribution in [0.15, 0.2) is 52.2 Å². The van der Waals surface area contributed by atoms with Crippen LogP contribution in [0.25, 0.3) is 11.5 Å². The average molecular weight is 340 g/mol. The molecule has 0 aliphatic carbocycles. The van der Waals surface area contributed by atoms with E-state index in [0.717, 1.165) is 22.5 Å². The van der Waals surface area contributed by atoms with Gasteiger partial charge in [-0.3, -0.25) is 9.78 Å². The highest BCUT2D eigenvalue weighted by molar-refractivity contribution is 7.99. The molecule has 3 aromatic rings. The van der Waals surface area contributed by atoms with Gasteiger partial charge in [0.15, 0.2) is 0 Å². The van der Waals surface area contributed by atoms with Crippen molar-refractivity contribution in [3.8, 4) is 11.5 Å². The molecule has 0 radical (unpaired) electrons. The summed E-state index contributed by atoms with van der Waals surface area (Å²) in [5.74, 6) is 0.479. The highest BCUT2D eigenvalue weighted by Crippen LogP contribution is 2.24. The predicted molar refractivity (Wildman–Crippen MR) is 92.8 cm³/mol. The molecule has 3 rings (SSSR count). The number of anilines is 1. The second kappa shape index (κ2) is 7.27. The van der Waals surface area contributed by atoms with Crippen LogP contribution in [0.2, 0.25) is 0 Å². The highest BCUT2D eigenvalue weighted by Gasteiger charge is 2.13. The second-order valence-corrected chi connectivity index (χ2v) is 6.14. The lowest BCUT2D eigenvalue weighted by Gasteiger charge is -2.04. The van der Waals surface area contributed by atoms with E-state index < -0.39 is 0 Å². The summed E-state index contributed by atoms with van der Waals surface area (Å²) in [6, 6.07) is 11.3. The van der Waals surface area contributed by atoms with Gasteiger partial charge in [-0.2, -0.15) is 0 Å². The van der Waals surface area contributed by atoms with Crippen molar-refractivity contribution < 1.29 is 9.21 Å². The first kappa shape index (κ1) is 16.2. The van der Waals surface area contributed by atoms with Gasteiger partial charge in [0.1, 0.15) is 0 Å². The maximum absolute atomic E-state index is 12.0. The van der Waals surface area contributed by atoms with Gasteiger partial charge in [-0.25, -0.2) is 0 Å². The molecule has 0 saturated carbocycles. The van der Waals surface area contributed by atoms with E-state index in [2.05, 4.69) is 20.5 Å². The van der Waals surface area contributed by atoms with Gasteiger partial charge in [0.25, 0.3) is 11.1 Å². The molecule has 2 heterocycles. The average Bonchev–Trinajstić information content (AvgIpc) is 3.02. The normalized spacial score (nSPS) is 10.6. The van der Waals surface area contributed by atoms with Crippen LogP contribution in [-0.2, 0) is 4.79 Å². The van der Waals surface area contributed by atoms with Gasteiger partial charge < -0.3 is 9.73 Å². The van der Waals surface area contributed by atoms with E-state index in [1.807, 2.05) is 50.2 Å². The first-order valence-electron chi connectivity index (χ1n) is 7.36. The van der Waals surface area contributed by atoms with Crippen LogP contribution in [0.1, 0.15) is 11.3 Å². The van der Waals surface area contributed by atoms with E-state index in [-0.39, 0.29) is 11.7 Å². The molecule has 24 heavy (non-hydrogen) atoms. The zero-order valence-electron chi connectivity index (χ0n) is 13.3. The van der Waals surface area contributed by atoms with Crippen LogP contribution in [-0.4, -0.2) is 26.8 Å². The Morgan fingerprint density at radius 3 is 2.88 bits per heavy atom. The lowest BCUT2D eigenvalue weighted by Crippen LogP contribution is -2.13. The molecule has 0 saturated heterocycles. The first-order valence-corrected chi connectivity index (χ1v) is 8.35. The zero-order valence-corrected chi connectivity index (χ0v) is 14.1. The maximum Gasteiger partial charge on any atom is 0.277 e. The van der Waals surface area contributed by atoms with Crippen molar-refractivity contribution >= 4 is 23.4 Å². The summed E-state index contributed by atoms with van der Waals surface area (Å²) in [6.07, 6.45) is 1.71. The summed E-state index contributed by atoms with van der Waals surface area (Å²) >= 11 is 1.20. The van der Waals surface area contributed by atoms with E-state index in [1.165, 1.54) is 11.8 Å². The molecule has 0 aliphatic heterocycles. The fraction of sp³-hybridized carbons (Fsp3) is 0.176. The van der Waals surface area contributed by atoms with E-state index in [9.17, 15) is 4.79 Å². The first-order chi connectivity index (χ1) is 11.6. The summed E-state index contributed by atoms with van der Waals surface area (Å²) in [5.41, 5.74) is 3.47. The number of thioether (sulfide) groups is 1. The fourth-order valence-electron chi connectivity index (χ4n) is 2.13. The molecular weight excluding hydrogens is 324 g/mol. The highest BCUT2D eigenvalue weighted by atomic mass is 32.2. The van der Waals surface area contributed by atoms with Crippen LogP contribution in [0, 0.1) is 13.8 Å². The van der Waals surface area contributed by atoms with E-state index in [4.69, 9.17) is 4.42 Å². The standard InChI is InChI=1S/C17H16N4O2S/c1-11-5-3-6-13(9-11)19-15(22)10-24-17-21-20-16(23-17)14-7-4-8-18-12(14)2/h3-9H,10H2,1-2H3,(H,19,22). The minimum absolute atomic E-state index is 0.122. The molecule has 1 aromatic carbocycles. The molecule has 2 aromatic heterocycles. The van der Waals surface area contributed by atoms with Crippen LogP contribution < -0.4 is 5.32 Å². The number of nitrogens with zero attached hydrogens (tertiary/aromatic N) is 3. The van der Waals surface area contributed by atoms with E-state index >= 15 is 0 Å². The number of amides is 1. The molecule has 1 amide bonds. The Morgan fingerprint density at radius 2 is 2.08 bits per heavy atom. The molecule has 7 heteroatoms. The Kier molecular flexibility index (Phi) is 4.90. The van der Waals surface area contributed by atoms with Gasteiger partial charge in [0, 0.05) is 17.6 Å². The smallest absolute Gasteiger partial charge is 0.277 e.